The van der Waals surface area contributed by atoms with Gasteiger partial charge in [-0.3, -0.25) is 9.69 Å². The Morgan fingerprint density at radius 1 is 1.48 bits per heavy atom. The summed E-state index contributed by atoms with van der Waals surface area (Å²) < 4.78 is 0.719. The van der Waals surface area contributed by atoms with E-state index in [9.17, 15) is 9.59 Å². The molecule has 0 unspecified atom stereocenters. The van der Waals surface area contributed by atoms with Crippen LogP contribution in [-0.2, 0) is 11.2 Å². The van der Waals surface area contributed by atoms with Crippen molar-refractivity contribution in [1.29, 1.82) is 0 Å². The van der Waals surface area contributed by atoms with E-state index in [0.717, 1.165) is 22.4 Å². The van der Waals surface area contributed by atoms with Crippen molar-refractivity contribution in [2.75, 3.05) is 30.7 Å². The molecule has 0 saturated carbocycles. The monoisotopic (exact) mass is 369 g/mol. The van der Waals surface area contributed by atoms with Gasteiger partial charge in [-0.25, -0.2) is 4.79 Å². The molecule has 0 aromatic carbocycles. The molecule has 0 spiro atoms. The van der Waals surface area contributed by atoms with E-state index >= 15 is 0 Å². The Morgan fingerprint density at radius 2 is 2.39 bits per heavy atom. The van der Waals surface area contributed by atoms with Crippen LogP contribution in [0, 0.1) is 0 Å². The minimum atomic E-state index is -0.316. The van der Waals surface area contributed by atoms with Gasteiger partial charge in [0.15, 0.2) is 4.34 Å². The van der Waals surface area contributed by atoms with Gasteiger partial charge >= 0.3 is 6.03 Å². The number of amides is 3. The van der Waals surface area contributed by atoms with E-state index in [-0.39, 0.29) is 17.7 Å². The predicted molar refractivity (Wildman–Crippen MR) is 92.3 cm³/mol. The number of aromatic nitrogens is 2. The molecule has 0 aliphatic carbocycles. The lowest BCUT2D eigenvalue weighted by molar-refractivity contribution is -0.124. The topological polar surface area (TPSA) is 87.2 Å². The molecule has 10 heteroatoms. The first-order valence-electron chi connectivity index (χ1n) is 7.03. The zero-order chi connectivity index (χ0) is 16.1. The van der Waals surface area contributed by atoms with Crippen molar-refractivity contribution in [2.45, 2.75) is 10.8 Å². The van der Waals surface area contributed by atoms with Crippen molar-refractivity contribution in [3.05, 3.63) is 22.4 Å². The fourth-order valence-electron chi connectivity index (χ4n) is 2.00. The highest BCUT2D eigenvalue weighted by Crippen LogP contribution is 2.25. The third kappa shape index (κ3) is 4.43. The minimum Gasteiger partial charge on any atom is -0.360 e. The van der Waals surface area contributed by atoms with Crippen molar-refractivity contribution < 1.29 is 9.59 Å². The second-order valence-electron chi connectivity index (χ2n) is 4.70. The Hall–Kier alpha value is -1.65. The van der Waals surface area contributed by atoms with Gasteiger partial charge in [-0.05, 0) is 17.9 Å². The summed E-state index contributed by atoms with van der Waals surface area (Å²) in [6, 6.07) is 3.83. The third-order valence-electron chi connectivity index (χ3n) is 3.11. The van der Waals surface area contributed by atoms with Crippen LogP contribution in [0.2, 0.25) is 0 Å². The fourth-order valence-corrected chi connectivity index (χ4v) is 4.36. The van der Waals surface area contributed by atoms with Gasteiger partial charge < -0.3 is 10.6 Å². The van der Waals surface area contributed by atoms with Gasteiger partial charge in [-0.15, -0.1) is 21.5 Å². The molecule has 7 nitrogen and oxygen atoms in total. The molecule has 1 saturated heterocycles. The van der Waals surface area contributed by atoms with Gasteiger partial charge in [0.2, 0.25) is 11.0 Å². The van der Waals surface area contributed by atoms with E-state index in [2.05, 4.69) is 32.3 Å². The molecular weight excluding hydrogens is 354 g/mol. The normalized spacial score (nSPS) is 14.1. The molecule has 2 aromatic heterocycles. The van der Waals surface area contributed by atoms with Crippen LogP contribution < -0.4 is 10.6 Å². The molecule has 0 radical (unpaired) electrons. The number of nitrogens with one attached hydrogen (secondary N) is 2. The Bertz CT molecular complexity index is 673. The van der Waals surface area contributed by atoms with Gasteiger partial charge in [-0.2, -0.15) is 0 Å². The summed E-state index contributed by atoms with van der Waals surface area (Å²) in [6.45, 7) is 1.75. The lowest BCUT2D eigenvalue weighted by Crippen LogP contribution is -2.35. The van der Waals surface area contributed by atoms with Gasteiger partial charge in [0.1, 0.15) is 0 Å². The number of hydrogen-bond acceptors (Lipinski definition) is 8. The van der Waals surface area contributed by atoms with Gasteiger partial charge in [-0.1, -0.05) is 29.2 Å². The Balaban J connectivity index is 1.42. The molecule has 122 valence electrons. The molecule has 0 bridgehead atoms. The number of nitrogens with zero attached hydrogens (tertiary/aromatic N) is 3. The number of thioether (sulfide) groups is 1. The van der Waals surface area contributed by atoms with E-state index in [1.807, 2.05) is 6.07 Å². The molecule has 3 rings (SSSR count). The number of urea groups is 1. The average molecular weight is 369 g/mol. The zero-order valence-corrected chi connectivity index (χ0v) is 14.6. The minimum absolute atomic E-state index is 0.192. The Labute approximate surface area is 145 Å². The van der Waals surface area contributed by atoms with Crippen LogP contribution in [0.25, 0.3) is 0 Å². The van der Waals surface area contributed by atoms with E-state index in [0.29, 0.717) is 13.1 Å². The standard InChI is InChI=1S/C13H15N5O2S3/c19-10(18-6-5-15-12(18)20)8-22-13-17-16-11(23-13)14-4-3-9-2-1-7-21-9/h1-2,7H,3-6,8H2,(H,14,16)(H,15,20). The van der Waals surface area contributed by atoms with Crippen molar-refractivity contribution in [1.82, 2.24) is 20.4 Å². The van der Waals surface area contributed by atoms with Crippen molar-refractivity contribution >= 4 is 51.5 Å². The summed E-state index contributed by atoms with van der Waals surface area (Å²) in [5, 5.41) is 16.8. The van der Waals surface area contributed by atoms with E-state index in [4.69, 9.17) is 0 Å². The maximum atomic E-state index is 11.9. The molecule has 3 heterocycles. The number of carbonyl (C=O) groups is 2. The maximum absolute atomic E-state index is 11.9. The maximum Gasteiger partial charge on any atom is 0.324 e. The van der Waals surface area contributed by atoms with Crippen LogP contribution in [0.5, 0.6) is 0 Å². The summed E-state index contributed by atoms with van der Waals surface area (Å²) in [7, 11) is 0. The molecule has 2 aromatic rings. The molecule has 3 amide bonds. The lowest BCUT2D eigenvalue weighted by Gasteiger charge is -2.10. The molecule has 23 heavy (non-hydrogen) atoms. The Morgan fingerprint density at radius 3 is 3.13 bits per heavy atom. The SMILES string of the molecule is O=C(CSc1nnc(NCCc2cccs2)s1)N1CCNC1=O. The third-order valence-corrected chi connectivity index (χ3v) is 6.05. The molecule has 2 N–H and O–H groups in total. The summed E-state index contributed by atoms with van der Waals surface area (Å²) in [5.41, 5.74) is 0. The van der Waals surface area contributed by atoms with Crippen LogP contribution in [0.15, 0.2) is 21.9 Å². The lowest BCUT2D eigenvalue weighted by atomic mass is 10.3. The molecule has 1 aliphatic rings. The fraction of sp³-hybridized carbons (Fsp3) is 0.385. The second kappa shape index (κ2) is 7.75. The molecule has 1 fully saturated rings. The Kier molecular flexibility index (Phi) is 5.47. The van der Waals surface area contributed by atoms with E-state index < -0.39 is 0 Å². The van der Waals surface area contributed by atoms with Crippen LogP contribution in [0.1, 0.15) is 4.88 Å². The van der Waals surface area contributed by atoms with Gasteiger partial charge in [0.25, 0.3) is 0 Å². The molecule has 0 atom stereocenters. The number of rotatable bonds is 7. The molecule has 1 aliphatic heterocycles. The summed E-state index contributed by atoms with van der Waals surface area (Å²) in [4.78, 5) is 25.9. The predicted octanol–water partition coefficient (Wildman–Crippen LogP) is 1.90. The second-order valence-corrected chi connectivity index (χ2v) is 7.93. The van der Waals surface area contributed by atoms with Gasteiger partial charge in [0, 0.05) is 24.5 Å². The highest BCUT2D eigenvalue weighted by atomic mass is 32.2. The summed E-state index contributed by atoms with van der Waals surface area (Å²) >= 11 is 4.46. The first-order valence-corrected chi connectivity index (χ1v) is 9.71. The first kappa shape index (κ1) is 16.2. The highest BCUT2D eigenvalue weighted by molar-refractivity contribution is 8.01. The molecular formula is C13H15N5O2S3. The number of anilines is 1. The number of imide groups is 1. The van der Waals surface area contributed by atoms with Gasteiger partial charge in [0.05, 0.1) is 5.75 Å². The van der Waals surface area contributed by atoms with Crippen LogP contribution >= 0.6 is 34.4 Å². The van der Waals surface area contributed by atoms with Crippen molar-refractivity contribution in [3.63, 3.8) is 0 Å². The smallest absolute Gasteiger partial charge is 0.324 e. The largest absolute Gasteiger partial charge is 0.360 e. The summed E-state index contributed by atoms with van der Waals surface area (Å²) in [6.07, 6.45) is 0.947. The highest BCUT2D eigenvalue weighted by Gasteiger charge is 2.26. The number of hydrogen-bond donors (Lipinski definition) is 2. The zero-order valence-electron chi connectivity index (χ0n) is 12.2. The summed E-state index contributed by atoms with van der Waals surface area (Å²) in [5.74, 6) is -0.00976. The van der Waals surface area contributed by atoms with E-state index in [1.165, 1.54) is 32.9 Å². The first-order chi connectivity index (χ1) is 11.2. The van der Waals surface area contributed by atoms with Crippen LogP contribution in [0.3, 0.4) is 0 Å². The number of carbonyl (C=O) groups excluding carboxylic acids is 2. The number of thiophene rings is 1. The average Bonchev–Trinajstić information content (AvgIpc) is 3.27. The van der Waals surface area contributed by atoms with Crippen molar-refractivity contribution in [3.8, 4) is 0 Å². The van der Waals surface area contributed by atoms with E-state index in [1.54, 1.807) is 11.3 Å². The van der Waals surface area contributed by atoms with Crippen LogP contribution in [-0.4, -0.2) is 52.4 Å². The van der Waals surface area contributed by atoms with Crippen molar-refractivity contribution in [2.24, 2.45) is 0 Å². The van der Waals surface area contributed by atoms with Crippen LogP contribution in [0.4, 0.5) is 9.93 Å². The quantitative estimate of drug-likeness (QED) is 0.725.